The Morgan fingerprint density at radius 1 is 1.00 bits per heavy atom. The van der Waals surface area contributed by atoms with E-state index in [9.17, 15) is 0 Å². The summed E-state index contributed by atoms with van der Waals surface area (Å²) in [6.07, 6.45) is 0. The molecule has 2 nitrogen and oxygen atoms in total. The second kappa shape index (κ2) is 7.53. The molecule has 0 saturated heterocycles. The number of benzene rings is 2. The zero-order chi connectivity index (χ0) is 14.4. The minimum atomic E-state index is 0.456. The molecule has 0 unspecified atom stereocenters. The molecule has 0 atom stereocenters. The zero-order valence-electron chi connectivity index (χ0n) is 11.3. The number of hydrogen-bond donors (Lipinski definition) is 1. The Labute approximate surface area is 129 Å². The highest BCUT2D eigenvalue weighted by atomic mass is 35.5. The summed E-state index contributed by atoms with van der Waals surface area (Å²) in [6.45, 7) is 4.42. The minimum absolute atomic E-state index is 0.456. The minimum Gasteiger partial charge on any atom is -0.487 e. The van der Waals surface area contributed by atoms with Gasteiger partial charge in [-0.15, -0.1) is 0 Å². The topological polar surface area (TPSA) is 21.3 Å². The van der Waals surface area contributed by atoms with E-state index in [4.69, 9.17) is 27.9 Å². The summed E-state index contributed by atoms with van der Waals surface area (Å²) in [5.41, 5.74) is 2.36. The van der Waals surface area contributed by atoms with Crippen molar-refractivity contribution in [1.82, 2.24) is 5.32 Å². The highest BCUT2D eigenvalue weighted by Crippen LogP contribution is 2.31. The van der Waals surface area contributed by atoms with Crippen LogP contribution < -0.4 is 10.1 Å². The Bertz CT molecular complexity index is 555. The van der Waals surface area contributed by atoms with Gasteiger partial charge in [-0.25, -0.2) is 0 Å². The van der Waals surface area contributed by atoms with Crippen LogP contribution in [-0.4, -0.2) is 6.54 Å². The molecule has 0 bridgehead atoms. The van der Waals surface area contributed by atoms with Gasteiger partial charge < -0.3 is 10.1 Å². The molecule has 106 valence electrons. The van der Waals surface area contributed by atoms with Crippen LogP contribution in [0.25, 0.3) is 0 Å². The van der Waals surface area contributed by atoms with Crippen LogP contribution in [0.15, 0.2) is 42.5 Å². The lowest BCUT2D eigenvalue weighted by Crippen LogP contribution is -2.11. The van der Waals surface area contributed by atoms with Crippen molar-refractivity contribution in [2.45, 2.75) is 20.1 Å². The smallest absolute Gasteiger partial charge is 0.139 e. The standard InChI is InChI=1S/C16H17Cl2NO/c1-2-19-10-12-6-8-13(9-7-12)11-20-15-5-3-4-14(17)16(15)18/h3-9,19H,2,10-11H2,1H3. The number of nitrogens with one attached hydrogen (secondary N) is 1. The molecule has 0 radical (unpaired) electrons. The van der Waals surface area contributed by atoms with Crippen LogP contribution in [-0.2, 0) is 13.2 Å². The van der Waals surface area contributed by atoms with Gasteiger partial charge in [-0.2, -0.15) is 0 Å². The largest absolute Gasteiger partial charge is 0.487 e. The van der Waals surface area contributed by atoms with Gasteiger partial charge in [0.1, 0.15) is 17.4 Å². The van der Waals surface area contributed by atoms with Crippen LogP contribution in [0.2, 0.25) is 10.0 Å². The van der Waals surface area contributed by atoms with Crippen molar-refractivity contribution in [1.29, 1.82) is 0 Å². The van der Waals surface area contributed by atoms with E-state index in [1.807, 2.05) is 12.1 Å². The molecule has 1 N–H and O–H groups in total. The summed E-state index contributed by atoms with van der Waals surface area (Å²) in [6, 6.07) is 13.7. The third kappa shape index (κ3) is 4.14. The molecule has 0 aromatic heterocycles. The van der Waals surface area contributed by atoms with Gasteiger partial charge in [-0.1, -0.05) is 60.5 Å². The number of halogens is 2. The van der Waals surface area contributed by atoms with Crippen molar-refractivity contribution >= 4 is 23.2 Å². The molecule has 0 heterocycles. The number of ether oxygens (including phenoxy) is 1. The quantitative estimate of drug-likeness (QED) is 0.836. The average Bonchev–Trinajstić information content (AvgIpc) is 2.48. The van der Waals surface area contributed by atoms with E-state index in [1.54, 1.807) is 6.07 Å². The molecule has 0 amide bonds. The SMILES string of the molecule is CCNCc1ccc(COc2cccc(Cl)c2Cl)cc1. The van der Waals surface area contributed by atoms with E-state index < -0.39 is 0 Å². The molecule has 0 fully saturated rings. The molecule has 2 aromatic rings. The van der Waals surface area contributed by atoms with Crippen molar-refractivity contribution < 1.29 is 4.74 Å². The fourth-order valence-corrected chi connectivity index (χ4v) is 2.13. The summed E-state index contributed by atoms with van der Waals surface area (Å²) in [5, 5.41) is 4.25. The molecule has 0 spiro atoms. The van der Waals surface area contributed by atoms with E-state index >= 15 is 0 Å². The van der Waals surface area contributed by atoms with E-state index in [0.29, 0.717) is 22.4 Å². The lowest BCUT2D eigenvalue weighted by Gasteiger charge is -2.09. The van der Waals surface area contributed by atoms with Gasteiger partial charge in [0.05, 0.1) is 5.02 Å². The van der Waals surface area contributed by atoms with Crippen LogP contribution in [0.4, 0.5) is 0 Å². The molecule has 20 heavy (non-hydrogen) atoms. The van der Waals surface area contributed by atoms with Crippen molar-refractivity contribution in [2.75, 3.05) is 6.54 Å². The zero-order valence-corrected chi connectivity index (χ0v) is 12.8. The lowest BCUT2D eigenvalue weighted by molar-refractivity contribution is 0.306. The van der Waals surface area contributed by atoms with Crippen LogP contribution in [0, 0.1) is 0 Å². The maximum atomic E-state index is 6.08. The summed E-state index contributed by atoms with van der Waals surface area (Å²) < 4.78 is 5.69. The first-order valence-electron chi connectivity index (χ1n) is 6.56. The maximum absolute atomic E-state index is 6.08. The summed E-state index contributed by atoms with van der Waals surface area (Å²) in [7, 11) is 0. The Balaban J connectivity index is 1.95. The fraction of sp³-hybridized carbons (Fsp3) is 0.250. The van der Waals surface area contributed by atoms with Crippen molar-refractivity contribution in [3.05, 3.63) is 63.6 Å². The van der Waals surface area contributed by atoms with Gasteiger partial charge in [-0.05, 0) is 29.8 Å². The molecule has 2 aromatic carbocycles. The molecule has 4 heteroatoms. The van der Waals surface area contributed by atoms with Crippen molar-refractivity contribution in [3.63, 3.8) is 0 Å². The van der Waals surface area contributed by atoms with Gasteiger partial charge >= 0.3 is 0 Å². The molecular formula is C16H17Cl2NO. The molecule has 2 rings (SSSR count). The third-order valence-electron chi connectivity index (χ3n) is 2.91. The first-order chi connectivity index (χ1) is 9.70. The number of hydrogen-bond acceptors (Lipinski definition) is 2. The second-order valence-electron chi connectivity index (χ2n) is 4.44. The van der Waals surface area contributed by atoms with Gasteiger partial charge in [0.15, 0.2) is 0 Å². The van der Waals surface area contributed by atoms with Crippen LogP contribution in [0.3, 0.4) is 0 Å². The van der Waals surface area contributed by atoms with Gasteiger partial charge in [0.2, 0.25) is 0 Å². The van der Waals surface area contributed by atoms with Crippen molar-refractivity contribution in [2.24, 2.45) is 0 Å². The monoisotopic (exact) mass is 309 g/mol. The average molecular weight is 310 g/mol. The summed E-state index contributed by atoms with van der Waals surface area (Å²) in [4.78, 5) is 0. The van der Waals surface area contributed by atoms with E-state index in [1.165, 1.54) is 5.56 Å². The van der Waals surface area contributed by atoms with Crippen LogP contribution in [0.1, 0.15) is 18.1 Å². The van der Waals surface area contributed by atoms with Crippen LogP contribution in [0.5, 0.6) is 5.75 Å². The molecule has 0 saturated carbocycles. The third-order valence-corrected chi connectivity index (χ3v) is 3.71. The molecule has 0 aliphatic heterocycles. The highest BCUT2D eigenvalue weighted by Gasteiger charge is 2.05. The first kappa shape index (κ1) is 15.2. The maximum Gasteiger partial charge on any atom is 0.139 e. The predicted octanol–water partition coefficient (Wildman–Crippen LogP) is 4.68. The molecule has 0 aliphatic carbocycles. The van der Waals surface area contributed by atoms with E-state index in [-0.39, 0.29) is 0 Å². The normalized spacial score (nSPS) is 10.6. The Morgan fingerprint density at radius 3 is 2.40 bits per heavy atom. The molecule has 0 aliphatic rings. The summed E-state index contributed by atoms with van der Waals surface area (Å²) >= 11 is 12.0. The lowest BCUT2D eigenvalue weighted by atomic mass is 10.1. The number of rotatable bonds is 6. The van der Waals surface area contributed by atoms with Gasteiger partial charge in [0.25, 0.3) is 0 Å². The fourth-order valence-electron chi connectivity index (χ4n) is 1.78. The van der Waals surface area contributed by atoms with Crippen molar-refractivity contribution in [3.8, 4) is 5.75 Å². The Morgan fingerprint density at radius 2 is 1.70 bits per heavy atom. The highest BCUT2D eigenvalue weighted by molar-refractivity contribution is 6.42. The predicted molar refractivity (Wildman–Crippen MR) is 84.6 cm³/mol. The van der Waals surface area contributed by atoms with E-state index in [0.717, 1.165) is 18.7 Å². The van der Waals surface area contributed by atoms with E-state index in [2.05, 4.69) is 36.5 Å². The molecular weight excluding hydrogens is 293 g/mol. The van der Waals surface area contributed by atoms with Gasteiger partial charge in [0, 0.05) is 6.54 Å². The van der Waals surface area contributed by atoms with Gasteiger partial charge in [-0.3, -0.25) is 0 Å². The Kier molecular flexibility index (Phi) is 5.72. The van der Waals surface area contributed by atoms with Crippen LogP contribution >= 0.6 is 23.2 Å². The first-order valence-corrected chi connectivity index (χ1v) is 7.31. The summed E-state index contributed by atoms with van der Waals surface area (Å²) in [5.74, 6) is 0.607. The second-order valence-corrected chi connectivity index (χ2v) is 5.22. The Hall–Kier alpha value is -1.22.